The van der Waals surface area contributed by atoms with Gasteiger partial charge in [-0.15, -0.1) is 0 Å². The highest BCUT2D eigenvalue weighted by Crippen LogP contribution is 2.35. The predicted molar refractivity (Wildman–Crippen MR) is 126 cm³/mol. The van der Waals surface area contributed by atoms with E-state index in [1.165, 1.54) is 21.9 Å². The Bertz CT molecular complexity index is 1190. The maximum atomic E-state index is 13.7. The normalized spacial score (nSPS) is 17.5. The summed E-state index contributed by atoms with van der Waals surface area (Å²) in [6, 6.07) is 15.2. The molecule has 2 heterocycles. The first-order valence-corrected chi connectivity index (χ1v) is 13.1. The fourth-order valence-electron chi connectivity index (χ4n) is 4.11. The van der Waals surface area contributed by atoms with Gasteiger partial charge in [0.1, 0.15) is 6.04 Å². The van der Waals surface area contributed by atoms with Gasteiger partial charge in [0.25, 0.3) is 0 Å². The van der Waals surface area contributed by atoms with Crippen LogP contribution in [0.25, 0.3) is 10.2 Å². The maximum Gasteiger partial charge on any atom is 0.247 e. The molecule has 1 unspecified atom stereocenters. The molecule has 0 radical (unpaired) electrons. The van der Waals surface area contributed by atoms with E-state index in [4.69, 9.17) is 4.98 Å². The number of anilines is 1. The number of hydrogen-bond acceptors (Lipinski definition) is 5. The molecule has 0 spiro atoms. The van der Waals surface area contributed by atoms with Crippen molar-refractivity contribution >= 4 is 42.6 Å². The lowest BCUT2D eigenvalue weighted by atomic mass is 10.0. The van der Waals surface area contributed by atoms with Crippen LogP contribution >= 0.6 is 11.3 Å². The van der Waals surface area contributed by atoms with Gasteiger partial charge >= 0.3 is 0 Å². The zero-order valence-electron chi connectivity index (χ0n) is 18.0. The number of benzene rings is 2. The smallest absolute Gasteiger partial charge is 0.247 e. The number of thiazole rings is 1. The van der Waals surface area contributed by atoms with Crippen molar-refractivity contribution in [3.63, 3.8) is 0 Å². The third-order valence-electron chi connectivity index (χ3n) is 5.66. The highest BCUT2D eigenvalue weighted by Gasteiger charge is 2.39. The lowest BCUT2D eigenvalue weighted by Gasteiger charge is -2.27. The number of fused-ring (bicyclic) bond motifs is 1. The summed E-state index contributed by atoms with van der Waals surface area (Å²) in [4.78, 5) is 20.2. The number of nitrogens with zero attached hydrogens (tertiary/aromatic N) is 3. The second-order valence-corrected chi connectivity index (χ2v) is 11.2. The van der Waals surface area contributed by atoms with Crippen LogP contribution in [0.15, 0.2) is 48.5 Å². The van der Waals surface area contributed by atoms with E-state index in [1.54, 1.807) is 4.90 Å². The van der Waals surface area contributed by atoms with E-state index in [9.17, 15) is 13.2 Å². The highest BCUT2D eigenvalue weighted by molar-refractivity contribution is 7.88. The van der Waals surface area contributed by atoms with Gasteiger partial charge in [-0.2, -0.15) is 4.31 Å². The van der Waals surface area contributed by atoms with E-state index in [2.05, 4.69) is 19.9 Å². The van der Waals surface area contributed by atoms with Gasteiger partial charge < -0.3 is 0 Å². The summed E-state index contributed by atoms with van der Waals surface area (Å²) in [5.41, 5.74) is 3.03. The van der Waals surface area contributed by atoms with Crippen LogP contribution in [0.5, 0.6) is 0 Å². The molecule has 4 rings (SSSR count). The van der Waals surface area contributed by atoms with Crippen molar-refractivity contribution in [2.75, 3.05) is 17.7 Å². The van der Waals surface area contributed by atoms with E-state index >= 15 is 0 Å². The van der Waals surface area contributed by atoms with Crippen molar-refractivity contribution in [2.45, 2.75) is 45.2 Å². The number of para-hydroxylation sites is 1. The molecular weight excluding hydrogens is 430 g/mol. The molecule has 1 atom stereocenters. The van der Waals surface area contributed by atoms with Gasteiger partial charge in [0.15, 0.2) is 5.13 Å². The molecule has 1 aliphatic rings. The van der Waals surface area contributed by atoms with Crippen molar-refractivity contribution < 1.29 is 13.2 Å². The van der Waals surface area contributed by atoms with Gasteiger partial charge in [0.05, 0.1) is 23.0 Å². The van der Waals surface area contributed by atoms with E-state index in [0.717, 1.165) is 21.3 Å². The summed E-state index contributed by atoms with van der Waals surface area (Å²) in [6.07, 6.45) is 2.38. The summed E-state index contributed by atoms with van der Waals surface area (Å²) in [5, 5.41) is 0.609. The van der Waals surface area contributed by atoms with Crippen LogP contribution in [-0.4, -0.2) is 42.5 Å². The van der Waals surface area contributed by atoms with Crippen molar-refractivity contribution in [1.29, 1.82) is 0 Å². The van der Waals surface area contributed by atoms with Gasteiger partial charge in [-0.1, -0.05) is 67.6 Å². The van der Waals surface area contributed by atoms with Crippen molar-refractivity contribution in [2.24, 2.45) is 0 Å². The number of sulfonamides is 1. The average Bonchev–Trinajstić information content (AvgIpc) is 3.38. The number of aromatic nitrogens is 1. The fraction of sp³-hybridized carbons (Fsp3) is 0.391. The summed E-state index contributed by atoms with van der Waals surface area (Å²) in [5.74, 6) is 0.101. The standard InChI is InChI=1S/C23H27N3O3S2/c1-16(2)18-11-7-13-20-21(18)24-23(30-20)25(15-17-9-5-4-6-10-17)22(27)19-12-8-14-26(19)31(3,28)29/h4-7,9-11,13,16,19H,8,12,14-15H2,1-3H3. The number of hydrogen-bond donors (Lipinski definition) is 0. The zero-order chi connectivity index (χ0) is 22.2. The molecule has 1 aromatic heterocycles. The van der Waals surface area contributed by atoms with Crippen LogP contribution in [-0.2, 0) is 21.4 Å². The van der Waals surface area contributed by atoms with E-state index in [0.29, 0.717) is 37.0 Å². The molecule has 8 heteroatoms. The minimum atomic E-state index is -3.46. The first-order valence-electron chi connectivity index (χ1n) is 10.5. The number of amides is 1. The van der Waals surface area contributed by atoms with Crippen LogP contribution in [0.2, 0.25) is 0 Å². The molecular formula is C23H27N3O3S2. The molecule has 164 valence electrons. The molecule has 0 aliphatic carbocycles. The van der Waals surface area contributed by atoms with E-state index in [1.807, 2.05) is 42.5 Å². The molecule has 0 bridgehead atoms. The summed E-state index contributed by atoms with van der Waals surface area (Å²) in [6.45, 7) is 4.99. The first-order chi connectivity index (χ1) is 14.8. The summed E-state index contributed by atoms with van der Waals surface area (Å²) >= 11 is 1.48. The van der Waals surface area contributed by atoms with Gasteiger partial charge in [0, 0.05) is 6.54 Å². The van der Waals surface area contributed by atoms with Crippen LogP contribution in [0.4, 0.5) is 5.13 Å². The molecule has 0 saturated carbocycles. The summed E-state index contributed by atoms with van der Waals surface area (Å²) in [7, 11) is -3.46. The monoisotopic (exact) mass is 457 g/mol. The second kappa shape index (κ2) is 8.68. The molecule has 2 aromatic carbocycles. The number of rotatable bonds is 6. The Hall–Kier alpha value is -2.29. The van der Waals surface area contributed by atoms with Gasteiger partial charge in [-0.25, -0.2) is 13.4 Å². The van der Waals surface area contributed by atoms with Gasteiger partial charge in [-0.3, -0.25) is 9.69 Å². The molecule has 1 aliphatic heterocycles. The zero-order valence-corrected chi connectivity index (χ0v) is 19.6. The Labute approximate surface area is 187 Å². The van der Waals surface area contributed by atoms with E-state index < -0.39 is 16.1 Å². The van der Waals surface area contributed by atoms with Crippen molar-refractivity contribution in [1.82, 2.24) is 9.29 Å². The third kappa shape index (κ3) is 4.51. The number of carbonyl (C=O) groups excluding carboxylic acids is 1. The molecule has 31 heavy (non-hydrogen) atoms. The largest absolute Gasteiger partial charge is 0.282 e. The summed E-state index contributed by atoms with van der Waals surface area (Å²) < 4.78 is 26.9. The van der Waals surface area contributed by atoms with Crippen molar-refractivity contribution in [3.05, 3.63) is 59.7 Å². The van der Waals surface area contributed by atoms with Crippen LogP contribution in [0.3, 0.4) is 0 Å². The number of carbonyl (C=O) groups is 1. The average molecular weight is 458 g/mol. The van der Waals surface area contributed by atoms with Gasteiger partial charge in [0.2, 0.25) is 15.9 Å². The minimum absolute atomic E-state index is 0.211. The molecule has 1 saturated heterocycles. The van der Waals surface area contributed by atoms with E-state index in [-0.39, 0.29) is 5.91 Å². The lowest BCUT2D eigenvalue weighted by molar-refractivity contribution is -0.121. The third-order valence-corrected chi connectivity index (χ3v) is 7.99. The lowest BCUT2D eigenvalue weighted by Crippen LogP contribution is -2.47. The highest BCUT2D eigenvalue weighted by atomic mass is 32.2. The van der Waals surface area contributed by atoms with Crippen molar-refractivity contribution in [3.8, 4) is 0 Å². The molecule has 3 aromatic rings. The Morgan fingerprint density at radius 3 is 2.61 bits per heavy atom. The molecule has 6 nitrogen and oxygen atoms in total. The maximum absolute atomic E-state index is 13.7. The quantitative estimate of drug-likeness (QED) is 0.551. The molecule has 1 fully saturated rings. The first kappa shape index (κ1) is 21.9. The Kier molecular flexibility index (Phi) is 6.14. The Balaban J connectivity index is 1.77. The molecule has 0 N–H and O–H groups in total. The van der Waals surface area contributed by atoms with Crippen LogP contribution in [0, 0.1) is 0 Å². The van der Waals surface area contributed by atoms with Crippen LogP contribution < -0.4 is 4.90 Å². The topological polar surface area (TPSA) is 70.6 Å². The molecule has 1 amide bonds. The predicted octanol–water partition coefficient (Wildman–Crippen LogP) is 4.38. The Morgan fingerprint density at radius 2 is 1.94 bits per heavy atom. The van der Waals surface area contributed by atoms with Crippen LogP contribution in [0.1, 0.15) is 43.7 Å². The van der Waals surface area contributed by atoms with Gasteiger partial charge in [-0.05, 0) is 36.0 Å². The second-order valence-electron chi connectivity index (χ2n) is 8.29. The minimum Gasteiger partial charge on any atom is -0.282 e. The SMILES string of the molecule is CC(C)c1cccc2sc(N(Cc3ccccc3)C(=O)C3CCCN3S(C)(=O)=O)nc12. The fourth-order valence-corrected chi connectivity index (χ4v) is 6.23. The Morgan fingerprint density at radius 1 is 1.19 bits per heavy atom.